The molecule has 1 aliphatic carbocycles. The Morgan fingerprint density at radius 3 is 2.37 bits per heavy atom. The Kier molecular flexibility index (Phi) is 5.27. The summed E-state index contributed by atoms with van der Waals surface area (Å²) >= 11 is 5.76. The Hall–Kier alpha value is -2.22. The second-order valence-electron chi connectivity index (χ2n) is 5.73. The Balaban J connectivity index is 2.26. The Labute approximate surface area is 152 Å². The molecule has 0 aromatic heterocycles. The molecule has 1 aromatic carbocycles. The van der Waals surface area contributed by atoms with E-state index < -0.39 is 53.4 Å². The normalized spacial score (nSPS) is 28.4. The maximum absolute atomic E-state index is 13.9. The third-order valence-electron chi connectivity index (χ3n) is 4.04. The van der Waals surface area contributed by atoms with E-state index in [4.69, 9.17) is 16.9 Å². The Morgan fingerprint density at radius 1 is 1.33 bits per heavy atom. The molecule has 1 aliphatic rings. The van der Waals surface area contributed by atoms with Crippen LogP contribution >= 0.6 is 11.6 Å². The Morgan fingerprint density at radius 2 is 1.93 bits per heavy atom. The summed E-state index contributed by atoms with van der Waals surface area (Å²) in [6.07, 6.45) is -7.70. The van der Waals surface area contributed by atoms with Gasteiger partial charge in [0.1, 0.15) is 17.7 Å². The zero-order valence-corrected chi connectivity index (χ0v) is 13.9. The van der Waals surface area contributed by atoms with Gasteiger partial charge >= 0.3 is 18.8 Å². The van der Waals surface area contributed by atoms with Crippen LogP contribution in [0.3, 0.4) is 0 Å². The number of hydrogen-bond acceptors (Lipinski definition) is 4. The number of nitriles is 1. The van der Waals surface area contributed by atoms with Crippen LogP contribution in [0.2, 0.25) is 5.02 Å². The highest BCUT2D eigenvalue weighted by atomic mass is 35.5. The van der Waals surface area contributed by atoms with Crippen molar-refractivity contribution in [1.82, 2.24) is 0 Å². The van der Waals surface area contributed by atoms with Gasteiger partial charge in [-0.3, -0.25) is 4.79 Å². The van der Waals surface area contributed by atoms with Crippen molar-refractivity contribution in [1.29, 1.82) is 5.26 Å². The Bertz CT molecular complexity index is 793. The average molecular weight is 420 g/mol. The van der Waals surface area contributed by atoms with Crippen molar-refractivity contribution >= 4 is 17.6 Å². The quantitative estimate of drug-likeness (QED) is 0.514. The van der Waals surface area contributed by atoms with Crippen LogP contribution in [-0.4, -0.2) is 30.1 Å². The average Bonchev–Trinajstić information content (AvgIpc) is 3.00. The molecule has 4 atom stereocenters. The molecule has 1 saturated carbocycles. The van der Waals surface area contributed by atoms with Gasteiger partial charge < -0.3 is 9.47 Å². The van der Waals surface area contributed by atoms with E-state index in [-0.39, 0.29) is 11.9 Å². The van der Waals surface area contributed by atoms with Crippen LogP contribution in [0.25, 0.3) is 0 Å². The van der Waals surface area contributed by atoms with Gasteiger partial charge in [-0.15, -0.1) is 0 Å². The van der Waals surface area contributed by atoms with Gasteiger partial charge in [-0.1, -0.05) is 11.6 Å². The van der Waals surface area contributed by atoms with Crippen LogP contribution in [0.15, 0.2) is 18.2 Å². The highest BCUT2D eigenvalue weighted by Crippen LogP contribution is 2.67. The first kappa shape index (κ1) is 21.1. The molecule has 12 heteroatoms. The van der Waals surface area contributed by atoms with E-state index in [9.17, 15) is 35.5 Å². The smallest absolute Gasteiger partial charge is 0.426 e. The molecule has 148 valence electrons. The monoisotopic (exact) mass is 419 g/mol. The molecular formula is C15H9ClF7NO3. The van der Waals surface area contributed by atoms with E-state index in [1.54, 1.807) is 0 Å². The third-order valence-corrected chi connectivity index (χ3v) is 4.39. The SMILES string of the molecule is CC1(F)C(C(=O)OC(C#N)c2cc(OC(F)F)ccc2Cl)C1(F)C(F)(F)F. The minimum atomic E-state index is -5.69. The van der Waals surface area contributed by atoms with E-state index in [1.807, 2.05) is 0 Å². The van der Waals surface area contributed by atoms with Crippen molar-refractivity contribution in [3.8, 4) is 11.8 Å². The molecule has 1 fully saturated rings. The van der Waals surface area contributed by atoms with Crippen LogP contribution < -0.4 is 4.74 Å². The van der Waals surface area contributed by atoms with Gasteiger partial charge in [0.05, 0.1) is 0 Å². The molecule has 0 N–H and O–H groups in total. The van der Waals surface area contributed by atoms with E-state index >= 15 is 0 Å². The lowest BCUT2D eigenvalue weighted by molar-refractivity contribution is -0.210. The van der Waals surface area contributed by atoms with Crippen molar-refractivity contribution in [3.05, 3.63) is 28.8 Å². The van der Waals surface area contributed by atoms with Crippen LogP contribution in [0.1, 0.15) is 18.6 Å². The van der Waals surface area contributed by atoms with Gasteiger partial charge in [0.2, 0.25) is 6.10 Å². The molecule has 1 aromatic rings. The molecule has 0 aliphatic heterocycles. The molecule has 27 heavy (non-hydrogen) atoms. The lowest BCUT2D eigenvalue weighted by Gasteiger charge is -2.15. The molecule has 4 nitrogen and oxygen atoms in total. The van der Waals surface area contributed by atoms with Crippen LogP contribution in [0.5, 0.6) is 5.75 Å². The molecule has 4 unspecified atom stereocenters. The largest absolute Gasteiger partial charge is 0.441 e. The van der Waals surface area contributed by atoms with E-state index in [1.165, 1.54) is 6.07 Å². The number of benzene rings is 1. The fourth-order valence-electron chi connectivity index (χ4n) is 2.61. The maximum Gasteiger partial charge on any atom is 0.426 e. The minimum Gasteiger partial charge on any atom is -0.441 e. The summed E-state index contributed by atoms with van der Waals surface area (Å²) in [5.41, 5.74) is -8.47. The highest BCUT2D eigenvalue weighted by molar-refractivity contribution is 6.31. The minimum absolute atomic E-state index is 0.234. The van der Waals surface area contributed by atoms with Crippen LogP contribution in [0, 0.1) is 17.2 Å². The van der Waals surface area contributed by atoms with Gasteiger partial charge in [-0.05, 0) is 25.1 Å². The lowest BCUT2D eigenvalue weighted by Crippen LogP contribution is -2.34. The van der Waals surface area contributed by atoms with E-state index in [0.29, 0.717) is 0 Å². The van der Waals surface area contributed by atoms with Crippen molar-refractivity contribution in [2.75, 3.05) is 0 Å². The van der Waals surface area contributed by atoms with Gasteiger partial charge in [0.15, 0.2) is 5.67 Å². The summed E-state index contributed by atoms with van der Waals surface area (Å²) < 4.78 is 99.0. The molecule has 2 rings (SSSR count). The first-order valence-electron chi connectivity index (χ1n) is 7.06. The van der Waals surface area contributed by atoms with Crippen molar-refractivity contribution in [3.63, 3.8) is 0 Å². The fraction of sp³-hybridized carbons (Fsp3) is 0.467. The summed E-state index contributed by atoms with van der Waals surface area (Å²) in [7, 11) is 0. The topological polar surface area (TPSA) is 59.3 Å². The summed E-state index contributed by atoms with van der Waals surface area (Å²) in [6.45, 7) is -3.00. The van der Waals surface area contributed by atoms with Crippen molar-refractivity contribution in [2.24, 2.45) is 5.92 Å². The fourth-order valence-corrected chi connectivity index (χ4v) is 2.83. The number of ether oxygens (including phenoxy) is 2. The van der Waals surface area contributed by atoms with Gasteiger partial charge in [-0.25, -0.2) is 8.78 Å². The summed E-state index contributed by atoms with van der Waals surface area (Å²) in [6, 6.07) is 4.12. The molecule has 0 radical (unpaired) electrons. The summed E-state index contributed by atoms with van der Waals surface area (Å²) in [5.74, 6) is -5.31. The molecule has 0 amide bonds. The predicted octanol–water partition coefficient (Wildman–Crippen LogP) is 4.68. The number of rotatable bonds is 5. The maximum atomic E-state index is 13.9. The van der Waals surface area contributed by atoms with Crippen molar-refractivity contribution < 1.29 is 45.0 Å². The highest BCUT2D eigenvalue weighted by Gasteiger charge is 2.92. The standard InChI is InChI=1S/C15H9ClF7NO3/c1-13(19)10(14(13,20)15(21,22)23)11(25)27-9(5-24)7-4-6(26-12(17)18)2-3-8(7)16/h2-4,9-10,12H,1H3. The number of carbonyl (C=O) groups is 1. The second-order valence-corrected chi connectivity index (χ2v) is 6.13. The zero-order valence-electron chi connectivity index (χ0n) is 13.2. The van der Waals surface area contributed by atoms with Crippen LogP contribution in [0.4, 0.5) is 30.7 Å². The van der Waals surface area contributed by atoms with E-state index in [0.717, 1.165) is 18.2 Å². The first-order valence-corrected chi connectivity index (χ1v) is 7.44. The zero-order chi connectivity index (χ0) is 20.8. The predicted molar refractivity (Wildman–Crippen MR) is 75.4 cm³/mol. The number of alkyl halides is 7. The number of esters is 1. The molecule has 0 heterocycles. The summed E-state index contributed by atoms with van der Waals surface area (Å²) in [4.78, 5) is 11.9. The first-order chi connectivity index (χ1) is 12.3. The molecule has 0 saturated heterocycles. The summed E-state index contributed by atoms with van der Waals surface area (Å²) in [5, 5.41) is 8.78. The molecule has 0 bridgehead atoms. The van der Waals surface area contributed by atoms with Gasteiger partial charge in [-0.2, -0.15) is 27.2 Å². The van der Waals surface area contributed by atoms with Crippen molar-refractivity contribution in [2.45, 2.75) is 37.2 Å². The van der Waals surface area contributed by atoms with Gasteiger partial charge in [0.25, 0.3) is 5.67 Å². The third kappa shape index (κ3) is 3.50. The lowest BCUT2D eigenvalue weighted by atomic mass is 10.1. The number of carbonyl (C=O) groups excluding carboxylic acids is 1. The number of halogens is 8. The van der Waals surface area contributed by atoms with Gasteiger partial charge in [0, 0.05) is 10.6 Å². The number of hydrogen-bond donors (Lipinski definition) is 0. The molecule has 0 spiro atoms. The molecular weight excluding hydrogens is 411 g/mol. The second kappa shape index (κ2) is 6.74. The van der Waals surface area contributed by atoms with Crippen LogP contribution in [-0.2, 0) is 9.53 Å². The van der Waals surface area contributed by atoms with E-state index in [2.05, 4.69) is 9.47 Å². The number of nitrogens with zero attached hydrogens (tertiary/aromatic N) is 1.